The minimum atomic E-state index is 0.718. The first-order chi connectivity index (χ1) is 11.8. The van der Waals surface area contributed by atoms with Gasteiger partial charge in [-0.05, 0) is 30.7 Å². The lowest BCUT2D eigenvalue weighted by atomic mass is 10.1. The highest BCUT2D eigenvalue weighted by Crippen LogP contribution is 2.21. The molecule has 0 unspecified atom stereocenters. The molecule has 2 aromatic heterocycles. The second kappa shape index (κ2) is 6.16. The first-order valence-corrected chi connectivity index (χ1v) is 7.99. The van der Waals surface area contributed by atoms with Crippen LogP contribution in [0.15, 0.2) is 73.1 Å². The third kappa shape index (κ3) is 2.63. The van der Waals surface area contributed by atoms with Gasteiger partial charge in [0.15, 0.2) is 0 Å². The van der Waals surface area contributed by atoms with Crippen molar-refractivity contribution in [2.75, 3.05) is 5.32 Å². The van der Waals surface area contributed by atoms with Crippen molar-refractivity contribution in [1.82, 2.24) is 14.8 Å². The zero-order valence-electron chi connectivity index (χ0n) is 13.5. The third-order valence-electron chi connectivity index (χ3n) is 4.20. The molecule has 2 aromatic carbocycles. The van der Waals surface area contributed by atoms with Crippen LogP contribution < -0.4 is 5.32 Å². The molecule has 118 valence electrons. The van der Waals surface area contributed by atoms with Crippen molar-refractivity contribution in [3.05, 3.63) is 84.3 Å². The Morgan fingerprint density at radius 2 is 1.79 bits per heavy atom. The van der Waals surface area contributed by atoms with Gasteiger partial charge in [-0.25, -0.2) is 4.68 Å². The number of rotatable bonds is 4. The van der Waals surface area contributed by atoms with Crippen LogP contribution in [-0.2, 0) is 6.54 Å². The molecule has 0 radical (unpaired) electrons. The molecule has 0 atom stereocenters. The highest BCUT2D eigenvalue weighted by molar-refractivity contribution is 5.81. The van der Waals surface area contributed by atoms with Crippen LogP contribution in [0, 0.1) is 6.92 Å². The molecule has 4 nitrogen and oxygen atoms in total. The number of hydrogen-bond acceptors (Lipinski definition) is 3. The van der Waals surface area contributed by atoms with Gasteiger partial charge in [0.2, 0.25) is 0 Å². The van der Waals surface area contributed by atoms with E-state index in [0.717, 1.165) is 34.5 Å². The van der Waals surface area contributed by atoms with E-state index in [1.165, 1.54) is 5.56 Å². The molecule has 0 saturated heterocycles. The molecule has 0 saturated carbocycles. The van der Waals surface area contributed by atoms with E-state index in [1.54, 1.807) is 0 Å². The number of hydrogen-bond donors (Lipinski definition) is 1. The fraction of sp³-hybridized carbons (Fsp3) is 0.100. The standard InChI is InChI=1S/C20H18N4/c1-15-19(14-23-24(15)18-10-3-2-4-11-18)22-13-17-8-5-7-16-9-6-12-21-20(16)17/h2-12,14,22H,13H2,1H3. The van der Waals surface area contributed by atoms with Crippen LogP contribution in [0.2, 0.25) is 0 Å². The molecule has 0 aliphatic carbocycles. The van der Waals surface area contributed by atoms with E-state index in [1.807, 2.05) is 41.3 Å². The molecular weight excluding hydrogens is 296 g/mol. The van der Waals surface area contributed by atoms with Gasteiger partial charge in [-0.15, -0.1) is 0 Å². The van der Waals surface area contributed by atoms with Crippen molar-refractivity contribution in [3.63, 3.8) is 0 Å². The average molecular weight is 314 g/mol. The Hall–Kier alpha value is -3.14. The van der Waals surface area contributed by atoms with Crippen LogP contribution in [0.25, 0.3) is 16.6 Å². The van der Waals surface area contributed by atoms with Crippen LogP contribution in [0.5, 0.6) is 0 Å². The summed E-state index contributed by atoms with van der Waals surface area (Å²) in [5.41, 5.74) is 5.41. The van der Waals surface area contributed by atoms with Crippen molar-refractivity contribution in [3.8, 4) is 5.69 Å². The summed E-state index contributed by atoms with van der Waals surface area (Å²) >= 11 is 0. The van der Waals surface area contributed by atoms with Crippen molar-refractivity contribution in [2.24, 2.45) is 0 Å². The number of nitrogens with zero attached hydrogens (tertiary/aromatic N) is 3. The summed E-state index contributed by atoms with van der Waals surface area (Å²) in [5.74, 6) is 0. The topological polar surface area (TPSA) is 42.7 Å². The lowest BCUT2D eigenvalue weighted by Crippen LogP contribution is -2.03. The van der Waals surface area contributed by atoms with Gasteiger partial charge in [0.25, 0.3) is 0 Å². The summed E-state index contributed by atoms with van der Waals surface area (Å²) in [4.78, 5) is 4.51. The number of benzene rings is 2. The van der Waals surface area contributed by atoms with Crippen molar-refractivity contribution < 1.29 is 0 Å². The maximum atomic E-state index is 4.51. The molecule has 4 heteroatoms. The fourth-order valence-corrected chi connectivity index (χ4v) is 2.91. The van der Waals surface area contributed by atoms with Gasteiger partial charge in [-0.2, -0.15) is 5.10 Å². The van der Waals surface area contributed by atoms with Crippen LogP contribution in [0.3, 0.4) is 0 Å². The quantitative estimate of drug-likeness (QED) is 0.609. The molecule has 0 aliphatic rings. The van der Waals surface area contributed by atoms with Crippen LogP contribution in [0.1, 0.15) is 11.3 Å². The van der Waals surface area contributed by atoms with E-state index < -0.39 is 0 Å². The lowest BCUT2D eigenvalue weighted by Gasteiger charge is -2.09. The molecular formula is C20H18N4. The van der Waals surface area contributed by atoms with Crippen molar-refractivity contribution in [1.29, 1.82) is 0 Å². The summed E-state index contributed by atoms with van der Waals surface area (Å²) in [7, 11) is 0. The Bertz CT molecular complexity index is 968. The fourth-order valence-electron chi connectivity index (χ4n) is 2.91. The Kier molecular flexibility index (Phi) is 3.71. The normalized spacial score (nSPS) is 10.9. The Balaban J connectivity index is 1.59. The highest BCUT2D eigenvalue weighted by atomic mass is 15.3. The summed E-state index contributed by atoms with van der Waals surface area (Å²) in [6, 6.07) is 20.5. The Labute approximate surface area is 140 Å². The molecule has 4 aromatic rings. The van der Waals surface area contributed by atoms with Gasteiger partial charge in [-0.1, -0.05) is 42.5 Å². The predicted molar refractivity (Wildman–Crippen MR) is 97.4 cm³/mol. The van der Waals surface area contributed by atoms with Gasteiger partial charge in [-0.3, -0.25) is 4.98 Å². The molecule has 1 N–H and O–H groups in total. The average Bonchev–Trinajstić information content (AvgIpc) is 3.01. The number of fused-ring (bicyclic) bond motifs is 1. The van der Waals surface area contributed by atoms with E-state index in [0.29, 0.717) is 0 Å². The van der Waals surface area contributed by atoms with Gasteiger partial charge >= 0.3 is 0 Å². The lowest BCUT2D eigenvalue weighted by molar-refractivity contribution is 0.847. The zero-order valence-corrected chi connectivity index (χ0v) is 13.5. The number of pyridine rings is 1. The van der Waals surface area contributed by atoms with E-state index in [9.17, 15) is 0 Å². The molecule has 0 spiro atoms. The van der Waals surface area contributed by atoms with Crippen molar-refractivity contribution >= 4 is 16.6 Å². The minimum Gasteiger partial charge on any atom is -0.378 e. The smallest absolute Gasteiger partial charge is 0.0763 e. The summed E-state index contributed by atoms with van der Waals surface area (Å²) in [5, 5.41) is 9.15. The molecule has 24 heavy (non-hydrogen) atoms. The third-order valence-corrected chi connectivity index (χ3v) is 4.20. The van der Waals surface area contributed by atoms with Crippen molar-refractivity contribution in [2.45, 2.75) is 13.5 Å². The van der Waals surface area contributed by atoms with Crippen LogP contribution in [-0.4, -0.2) is 14.8 Å². The largest absolute Gasteiger partial charge is 0.378 e. The molecule has 0 amide bonds. The molecule has 0 aliphatic heterocycles. The summed E-state index contributed by atoms with van der Waals surface area (Å²) < 4.78 is 1.95. The zero-order chi connectivity index (χ0) is 16.4. The maximum Gasteiger partial charge on any atom is 0.0763 e. The van der Waals surface area contributed by atoms with E-state index in [4.69, 9.17) is 0 Å². The van der Waals surface area contributed by atoms with E-state index >= 15 is 0 Å². The summed E-state index contributed by atoms with van der Waals surface area (Å²) in [6.45, 7) is 2.79. The second-order valence-electron chi connectivity index (χ2n) is 5.74. The first-order valence-electron chi connectivity index (χ1n) is 7.99. The predicted octanol–water partition coefficient (Wildman–Crippen LogP) is 4.34. The van der Waals surface area contributed by atoms with Crippen LogP contribution in [0.4, 0.5) is 5.69 Å². The van der Waals surface area contributed by atoms with Gasteiger partial charge < -0.3 is 5.32 Å². The molecule has 0 fully saturated rings. The molecule has 4 rings (SSSR count). The van der Waals surface area contributed by atoms with E-state index in [-0.39, 0.29) is 0 Å². The minimum absolute atomic E-state index is 0.718. The number of nitrogens with one attached hydrogen (secondary N) is 1. The number of aromatic nitrogens is 3. The van der Waals surface area contributed by atoms with Gasteiger partial charge in [0.05, 0.1) is 28.8 Å². The van der Waals surface area contributed by atoms with E-state index in [2.05, 4.69) is 58.7 Å². The number of anilines is 1. The highest BCUT2D eigenvalue weighted by Gasteiger charge is 2.08. The Morgan fingerprint density at radius 1 is 0.958 bits per heavy atom. The van der Waals surface area contributed by atoms with Gasteiger partial charge in [0.1, 0.15) is 0 Å². The SMILES string of the molecule is Cc1c(NCc2cccc3cccnc23)cnn1-c1ccccc1. The monoisotopic (exact) mass is 314 g/mol. The second-order valence-corrected chi connectivity index (χ2v) is 5.74. The van der Waals surface area contributed by atoms with Crippen LogP contribution >= 0.6 is 0 Å². The number of para-hydroxylation sites is 2. The summed E-state index contributed by atoms with van der Waals surface area (Å²) in [6.07, 6.45) is 3.71. The maximum absolute atomic E-state index is 4.51. The Morgan fingerprint density at radius 3 is 2.67 bits per heavy atom. The van der Waals surface area contributed by atoms with Gasteiger partial charge in [0, 0.05) is 18.1 Å². The first kappa shape index (κ1) is 14.5. The molecule has 0 bridgehead atoms. The molecule has 2 heterocycles.